The van der Waals surface area contributed by atoms with Crippen LogP contribution in [0.15, 0.2) is 146 Å². The van der Waals surface area contributed by atoms with Crippen molar-refractivity contribution in [1.82, 2.24) is 0 Å². The number of aryl methyl sites for hydroxylation is 1. The second kappa shape index (κ2) is 9.62. The SMILES string of the molecule is Cc1ccc(P2(=S)c3cccc(c3)-c3cccc(c3)-c3cccc(c3)-c3cccc(c3)-c3cccc2c3)cc1. The zero-order valence-electron chi connectivity index (χ0n) is 21.7. The van der Waals surface area contributed by atoms with E-state index in [2.05, 4.69) is 153 Å². The molecule has 0 unspecified atom stereocenters. The van der Waals surface area contributed by atoms with Crippen molar-refractivity contribution >= 4 is 33.8 Å². The molecule has 0 atom stereocenters. The van der Waals surface area contributed by atoms with Crippen LogP contribution in [0.5, 0.6) is 0 Å². The lowest BCUT2D eigenvalue weighted by atomic mass is 9.95. The van der Waals surface area contributed by atoms with Crippen LogP contribution >= 0.6 is 6.04 Å². The Morgan fingerprint density at radius 1 is 0.359 bits per heavy atom. The van der Waals surface area contributed by atoms with Crippen LogP contribution in [0.25, 0.3) is 44.5 Å². The van der Waals surface area contributed by atoms with E-state index < -0.39 is 6.04 Å². The summed E-state index contributed by atoms with van der Waals surface area (Å²) in [6, 6.07) is 51.0. The molecule has 0 aromatic heterocycles. The monoisotopic (exact) mass is 534 g/mol. The molecule has 0 nitrogen and oxygen atoms in total. The summed E-state index contributed by atoms with van der Waals surface area (Å²) in [5.74, 6) is 0. The fourth-order valence-corrected chi connectivity index (χ4v) is 9.34. The molecule has 39 heavy (non-hydrogen) atoms. The van der Waals surface area contributed by atoms with E-state index in [4.69, 9.17) is 11.8 Å². The Morgan fingerprint density at radius 2 is 0.667 bits per heavy atom. The quantitative estimate of drug-likeness (QED) is 0.190. The first-order valence-corrected chi connectivity index (χ1v) is 16.1. The van der Waals surface area contributed by atoms with Gasteiger partial charge in [-0.2, -0.15) is 0 Å². The number of fused-ring (bicyclic) bond motifs is 14. The lowest BCUT2D eigenvalue weighted by Crippen LogP contribution is -2.25. The Labute approximate surface area is 235 Å². The second-order valence-corrected chi connectivity index (χ2v) is 14.7. The summed E-state index contributed by atoms with van der Waals surface area (Å²) in [5, 5.41) is 3.64. The summed E-state index contributed by atoms with van der Waals surface area (Å²) < 4.78 is 0. The Kier molecular flexibility index (Phi) is 5.93. The minimum Gasteiger partial charge on any atom is -0.0826 e. The molecule has 1 aliphatic heterocycles. The molecule has 0 aliphatic carbocycles. The molecular formula is C37H27PS. The number of hydrogen-bond acceptors (Lipinski definition) is 1. The van der Waals surface area contributed by atoms with E-state index in [1.54, 1.807) is 0 Å². The molecule has 2 heteroatoms. The first-order chi connectivity index (χ1) is 19.1. The fourth-order valence-electron chi connectivity index (χ4n) is 5.60. The summed E-state index contributed by atoms with van der Waals surface area (Å²) in [4.78, 5) is 0. The van der Waals surface area contributed by atoms with Gasteiger partial charge in [0.2, 0.25) is 0 Å². The molecule has 0 amide bonds. The van der Waals surface area contributed by atoms with Crippen molar-refractivity contribution in [2.24, 2.45) is 0 Å². The molecule has 0 saturated carbocycles. The predicted molar refractivity (Wildman–Crippen MR) is 173 cm³/mol. The van der Waals surface area contributed by atoms with Gasteiger partial charge in [0.05, 0.1) is 0 Å². The number of rotatable bonds is 1. The van der Waals surface area contributed by atoms with Crippen molar-refractivity contribution in [3.05, 3.63) is 151 Å². The third kappa shape index (κ3) is 4.29. The maximum atomic E-state index is 6.80. The van der Waals surface area contributed by atoms with Crippen molar-refractivity contribution in [1.29, 1.82) is 0 Å². The van der Waals surface area contributed by atoms with E-state index in [0.29, 0.717) is 0 Å². The van der Waals surface area contributed by atoms with Crippen LogP contribution in [0.1, 0.15) is 5.56 Å². The van der Waals surface area contributed by atoms with Crippen LogP contribution < -0.4 is 15.9 Å². The van der Waals surface area contributed by atoms with Crippen LogP contribution in [-0.2, 0) is 11.8 Å². The maximum absolute atomic E-state index is 6.80. The first-order valence-electron chi connectivity index (χ1n) is 13.3. The van der Waals surface area contributed by atoms with E-state index in [0.717, 1.165) is 0 Å². The van der Waals surface area contributed by atoms with E-state index in [-0.39, 0.29) is 0 Å². The molecule has 1 aliphatic rings. The highest BCUT2D eigenvalue weighted by molar-refractivity contribution is 8.25. The molecule has 0 radical (unpaired) electrons. The minimum atomic E-state index is -2.33. The van der Waals surface area contributed by atoms with Crippen molar-refractivity contribution in [3.63, 3.8) is 0 Å². The highest BCUT2D eigenvalue weighted by Crippen LogP contribution is 2.44. The topological polar surface area (TPSA) is 0 Å². The average Bonchev–Trinajstić information content (AvgIpc) is 3.01. The standard InChI is InChI=1S/C37H27PS/c1-26-17-19-35(20-18-26)38(39)36-15-5-13-33(24-36)31-11-3-9-29(22-31)27-7-2-8-28(21-27)30-10-4-12-32(23-30)34-14-6-16-37(38)25-34/h2-25H,1H3. The second-order valence-electron chi connectivity index (χ2n) is 10.3. The molecule has 0 fully saturated rings. The molecular weight excluding hydrogens is 507 g/mol. The largest absolute Gasteiger partial charge is 0.0826 e. The van der Waals surface area contributed by atoms with Crippen molar-refractivity contribution in [3.8, 4) is 44.5 Å². The van der Waals surface area contributed by atoms with Crippen molar-refractivity contribution in [2.75, 3.05) is 0 Å². The van der Waals surface area contributed by atoms with Gasteiger partial charge in [0, 0.05) is 6.04 Å². The normalized spacial score (nSPS) is 13.1. The Bertz CT molecular complexity index is 1790. The van der Waals surface area contributed by atoms with Gasteiger partial charge in [-0.1, -0.05) is 133 Å². The lowest BCUT2D eigenvalue weighted by Gasteiger charge is -2.25. The molecule has 0 spiro atoms. The molecule has 7 rings (SSSR count). The van der Waals surface area contributed by atoms with E-state index >= 15 is 0 Å². The summed E-state index contributed by atoms with van der Waals surface area (Å²) in [6.45, 7) is 2.13. The zero-order chi connectivity index (χ0) is 26.4. The highest BCUT2D eigenvalue weighted by atomic mass is 32.4. The van der Waals surface area contributed by atoms with Gasteiger partial charge in [0.15, 0.2) is 0 Å². The molecule has 6 aromatic rings. The molecule has 1 heterocycles. The van der Waals surface area contributed by atoms with Gasteiger partial charge in [-0.3, -0.25) is 0 Å². The lowest BCUT2D eigenvalue weighted by molar-refractivity contribution is 1.49. The Balaban J connectivity index is 1.56. The predicted octanol–water partition coefficient (Wildman–Crippen LogP) is 8.73. The summed E-state index contributed by atoms with van der Waals surface area (Å²) >= 11 is 6.80. The van der Waals surface area contributed by atoms with Crippen LogP contribution in [-0.4, -0.2) is 0 Å². The Hall–Kier alpha value is -4.03. The fraction of sp³-hybridized carbons (Fsp3) is 0.0270. The Morgan fingerprint density at radius 3 is 1.03 bits per heavy atom. The van der Waals surface area contributed by atoms with Crippen LogP contribution in [0, 0.1) is 6.92 Å². The minimum absolute atomic E-state index is 1.19. The van der Waals surface area contributed by atoms with Gasteiger partial charge in [-0.15, -0.1) is 0 Å². The van der Waals surface area contributed by atoms with Gasteiger partial charge < -0.3 is 0 Å². The summed E-state index contributed by atoms with van der Waals surface area (Å²) in [6.07, 6.45) is 0. The smallest absolute Gasteiger partial charge is 0.0379 e. The maximum Gasteiger partial charge on any atom is 0.0379 e. The van der Waals surface area contributed by atoms with Gasteiger partial charge >= 0.3 is 0 Å². The summed E-state index contributed by atoms with van der Waals surface area (Å²) in [7, 11) is 0. The first kappa shape index (κ1) is 24.0. The molecule has 186 valence electrons. The van der Waals surface area contributed by atoms with Crippen molar-refractivity contribution in [2.45, 2.75) is 6.92 Å². The third-order valence-electron chi connectivity index (χ3n) is 7.74. The highest BCUT2D eigenvalue weighted by Gasteiger charge is 2.26. The van der Waals surface area contributed by atoms with Gasteiger partial charge in [0.1, 0.15) is 0 Å². The van der Waals surface area contributed by atoms with E-state index in [1.807, 2.05) is 0 Å². The van der Waals surface area contributed by atoms with Gasteiger partial charge in [0.25, 0.3) is 0 Å². The molecule has 0 N–H and O–H groups in total. The molecule has 10 bridgehead atoms. The zero-order valence-corrected chi connectivity index (χ0v) is 23.4. The van der Waals surface area contributed by atoms with Gasteiger partial charge in [-0.25, -0.2) is 0 Å². The molecule has 0 saturated heterocycles. The van der Waals surface area contributed by atoms with Gasteiger partial charge in [-0.05, 0) is 97.7 Å². The van der Waals surface area contributed by atoms with Crippen LogP contribution in [0.2, 0.25) is 0 Å². The molecule has 6 aromatic carbocycles. The summed E-state index contributed by atoms with van der Waals surface area (Å²) in [5.41, 5.74) is 10.9. The van der Waals surface area contributed by atoms with Crippen LogP contribution in [0.4, 0.5) is 0 Å². The van der Waals surface area contributed by atoms with Crippen molar-refractivity contribution < 1.29 is 0 Å². The average molecular weight is 535 g/mol. The number of hydrogen-bond donors (Lipinski definition) is 0. The van der Waals surface area contributed by atoms with Crippen LogP contribution in [0.3, 0.4) is 0 Å². The third-order valence-corrected chi connectivity index (χ3v) is 12.7. The number of benzene rings is 6. The van der Waals surface area contributed by atoms with E-state index in [1.165, 1.54) is 66.0 Å². The van der Waals surface area contributed by atoms with E-state index in [9.17, 15) is 0 Å².